The zero-order valence-corrected chi connectivity index (χ0v) is 12.7. The van der Waals surface area contributed by atoms with Gasteiger partial charge in [0.1, 0.15) is 6.10 Å². The van der Waals surface area contributed by atoms with Gasteiger partial charge < -0.3 is 4.74 Å². The fourth-order valence-electron chi connectivity index (χ4n) is 2.82. The molecule has 22 heavy (non-hydrogen) atoms. The molecule has 2 heterocycles. The van der Waals surface area contributed by atoms with E-state index in [1.54, 1.807) is 17.1 Å². The third kappa shape index (κ3) is 3.69. The Morgan fingerprint density at radius 1 is 1.41 bits per heavy atom. The van der Waals surface area contributed by atoms with Gasteiger partial charge in [-0.1, -0.05) is 24.6 Å². The molecule has 1 fully saturated rings. The molecule has 6 heteroatoms. The lowest BCUT2D eigenvalue weighted by Gasteiger charge is -2.26. The van der Waals surface area contributed by atoms with Crippen LogP contribution in [0.2, 0.25) is 0 Å². The van der Waals surface area contributed by atoms with Gasteiger partial charge in [-0.15, -0.1) is 5.10 Å². The molecular weight excluding hydrogens is 280 g/mol. The molecule has 2 atom stereocenters. The minimum atomic E-state index is -0.383. The molecule has 0 saturated heterocycles. The second-order valence-electron chi connectivity index (χ2n) is 5.92. The second-order valence-corrected chi connectivity index (χ2v) is 5.92. The number of ether oxygens (including phenoxy) is 1. The summed E-state index contributed by atoms with van der Waals surface area (Å²) in [6.07, 6.45) is 7.57. The molecule has 6 nitrogen and oxygen atoms in total. The van der Waals surface area contributed by atoms with Gasteiger partial charge in [-0.05, 0) is 37.3 Å². The number of nitrogens with zero attached hydrogens (tertiary/aromatic N) is 4. The topological polar surface area (TPSA) is 69.9 Å². The van der Waals surface area contributed by atoms with E-state index in [-0.39, 0.29) is 17.8 Å². The van der Waals surface area contributed by atoms with Gasteiger partial charge in [-0.2, -0.15) is 0 Å². The van der Waals surface area contributed by atoms with Gasteiger partial charge in [-0.25, -0.2) is 9.48 Å². The normalized spacial score (nSPS) is 21.5. The van der Waals surface area contributed by atoms with Crippen molar-refractivity contribution in [2.24, 2.45) is 5.92 Å². The van der Waals surface area contributed by atoms with Gasteiger partial charge in [0.15, 0.2) is 5.69 Å². The third-order valence-corrected chi connectivity index (χ3v) is 3.96. The Labute approximate surface area is 129 Å². The van der Waals surface area contributed by atoms with E-state index in [0.29, 0.717) is 12.5 Å². The number of esters is 1. The van der Waals surface area contributed by atoms with Crippen LogP contribution < -0.4 is 0 Å². The SMILES string of the molecule is C[C@@H]1CCC[C@@H](OC(=O)c2cn(Cc3ccccn3)nn2)C1. The Balaban J connectivity index is 1.59. The highest BCUT2D eigenvalue weighted by Gasteiger charge is 2.24. The van der Waals surface area contributed by atoms with Crippen molar-refractivity contribution in [2.75, 3.05) is 0 Å². The predicted octanol–water partition coefficient (Wildman–Crippen LogP) is 2.46. The smallest absolute Gasteiger partial charge is 0.360 e. The lowest BCUT2D eigenvalue weighted by atomic mass is 9.89. The average molecular weight is 300 g/mol. The first-order valence-electron chi connectivity index (χ1n) is 7.72. The molecule has 2 aromatic heterocycles. The first-order valence-corrected chi connectivity index (χ1v) is 7.72. The van der Waals surface area contributed by atoms with E-state index in [2.05, 4.69) is 22.2 Å². The maximum Gasteiger partial charge on any atom is 0.360 e. The van der Waals surface area contributed by atoms with Crippen LogP contribution in [0.4, 0.5) is 0 Å². The average Bonchev–Trinajstić information content (AvgIpc) is 2.97. The summed E-state index contributed by atoms with van der Waals surface area (Å²) >= 11 is 0. The van der Waals surface area contributed by atoms with Crippen LogP contribution in [-0.4, -0.2) is 32.1 Å². The van der Waals surface area contributed by atoms with Gasteiger partial charge in [0.05, 0.1) is 18.4 Å². The summed E-state index contributed by atoms with van der Waals surface area (Å²) < 4.78 is 7.14. The van der Waals surface area contributed by atoms with E-state index in [1.165, 1.54) is 6.42 Å². The number of carbonyl (C=O) groups excluding carboxylic acids is 1. The van der Waals surface area contributed by atoms with Crippen LogP contribution in [0.5, 0.6) is 0 Å². The van der Waals surface area contributed by atoms with Crippen molar-refractivity contribution in [3.05, 3.63) is 42.0 Å². The van der Waals surface area contributed by atoms with Crippen LogP contribution in [0.1, 0.15) is 48.8 Å². The Kier molecular flexibility index (Phi) is 4.46. The largest absolute Gasteiger partial charge is 0.458 e. The van der Waals surface area contributed by atoms with Crippen molar-refractivity contribution in [1.82, 2.24) is 20.0 Å². The number of pyridine rings is 1. The zero-order valence-electron chi connectivity index (χ0n) is 12.7. The molecule has 0 aliphatic heterocycles. The van der Waals surface area contributed by atoms with Crippen molar-refractivity contribution < 1.29 is 9.53 Å². The Morgan fingerprint density at radius 2 is 2.32 bits per heavy atom. The summed E-state index contributed by atoms with van der Waals surface area (Å²) in [5, 5.41) is 7.87. The summed E-state index contributed by atoms with van der Waals surface area (Å²) in [5.41, 5.74) is 1.13. The number of aromatic nitrogens is 4. The van der Waals surface area contributed by atoms with Crippen molar-refractivity contribution >= 4 is 5.97 Å². The van der Waals surface area contributed by atoms with E-state index in [9.17, 15) is 4.79 Å². The van der Waals surface area contributed by atoms with Gasteiger partial charge in [0.2, 0.25) is 0 Å². The van der Waals surface area contributed by atoms with E-state index in [4.69, 9.17) is 4.74 Å². The van der Waals surface area contributed by atoms with Crippen molar-refractivity contribution in [3.63, 3.8) is 0 Å². The fraction of sp³-hybridized carbons (Fsp3) is 0.500. The minimum Gasteiger partial charge on any atom is -0.458 e. The zero-order chi connectivity index (χ0) is 15.4. The highest BCUT2D eigenvalue weighted by atomic mass is 16.5. The molecule has 0 N–H and O–H groups in total. The van der Waals surface area contributed by atoms with Crippen LogP contribution in [-0.2, 0) is 11.3 Å². The molecule has 0 amide bonds. The quantitative estimate of drug-likeness (QED) is 0.811. The van der Waals surface area contributed by atoms with Crippen LogP contribution in [0.25, 0.3) is 0 Å². The summed E-state index contributed by atoms with van der Waals surface area (Å²) in [7, 11) is 0. The number of hydrogen-bond donors (Lipinski definition) is 0. The molecule has 1 saturated carbocycles. The molecule has 0 aromatic carbocycles. The Bertz CT molecular complexity index is 626. The van der Waals surface area contributed by atoms with Gasteiger partial charge in [0, 0.05) is 6.20 Å². The molecule has 0 radical (unpaired) electrons. The maximum absolute atomic E-state index is 12.1. The molecule has 3 rings (SSSR count). The van der Waals surface area contributed by atoms with Crippen LogP contribution in [0.15, 0.2) is 30.6 Å². The number of hydrogen-bond acceptors (Lipinski definition) is 5. The van der Waals surface area contributed by atoms with E-state index >= 15 is 0 Å². The van der Waals surface area contributed by atoms with E-state index in [0.717, 1.165) is 25.0 Å². The minimum absolute atomic E-state index is 0.0113. The Hall–Kier alpha value is -2.24. The number of carbonyl (C=O) groups is 1. The lowest BCUT2D eigenvalue weighted by Crippen LogP contribution is -2.24. The summed E-state index contributed by atoms with van der Waals surface area (Å²) in [6, 6.07) is 5.68. The van der Waals surface area contributed by atoms with Crippen LogP contribution >= 0.6 is 0 Å². The van der Waals surface area contributed by atoms with Crippen LogP contribution in [0, 0.1) is 5.92 Å². The van der Waals surface area contributed by atoms with Crippen molar-refractivity contribution in [2.45, 2.75) is 45.3 Å². The summed E-state index contributed by atoms with van der Waals surface area (Å²) in [6.45, 7) is 2.69. The highest BCUT2D eigenvalue weighted by Crippen LogP contribution is 2.26. The molecule has 116 valence electrons. The van der Waals surface area contributed by atoms with Crippen LogP contribution in [0.3, 0.4) is 0 Å². The highest BCUT2D eigenvalue weighted by molar-refractivity contribution is 5.86. The van der Waals surface area contributed by atoms with Crippen molar-refractivity contribution in [1.29, 1.82) is 0 Å². The maximum atomic E-state index is 12.1. The molecule has 0 spiro atoms. The molecule has 0 bridgehead atoms. The molecule has 0 unspecified atom stereocenters. The first kappa shape index (κ1) is 14.7. The summed E-state index contributed by atoms with van der Waals surface area (Å²) in [5.74, 6) is 0.234. The standard InChI is InChI=1S/C16H20N4O2/c1-12-5-4-7-14(9-12)22-16(21)15-11-20(19-18-15)10-13-6-2-3-8-17-13/h2-3,6,8,11-12,14H,4-5,7,9-10H2,1H3/t12-,14-/m1/s1. The van der Waals surface area contributed by atoms with E-state index < -0.39 is 0 Å². The summed E-state index contributed by atoms with van der Waals surface area (Å²) in [4.78, 5) is 16.4. The molecule has 1 aliphatic carbocycles. The van der Waals surface area contributed by atoms with Gasteiger partial charge in [-0.3, -0.25) is 4.98 Å². The monoisotopic (exact) mass is 300 g/mol. The van der Waals surface area contributed by atoms with Gasteiger partial charge in [0.25, 0.3) is 0 Å². The molecule has 1 aliphatic rings. The molecule has 2 aromatic rings. The first-order chi connectivity index (χ1) is 10.7. The Morgan fingerprint density at radius 3 is 3.09 bits per heavy atom. The third-order valence-electron chi connectivity index (χ3n) is 3.96. The second kappa shape index (κ2) is 6.68. The fourth-order valence-corrected chi connectivity index (χ4v) is 2.82. The van der Waals surface area contributed by atoms with Crippen molar-refractivity contribution in [3.8, 4) is 0 Å². The number of rotatable bonds is 4. The predicted molar refractivity (Wildman–Crippen MR) is 80.2 cm³/mol. The van der Waals surface area contributed by atoms with Gasteiger partial charge >= 0.3 is 5.97 Å². The lowest BCUT2D eigenvalue weighted by molar-refractivity contribution is 0.0148. The van der Waals surface area contributed by atoms with E-state index in [1.807, 2.05) is 18.2 Å². The molecular formula is C16H20N4O2.